The quantitative estimate of drug-likeness (QED) is 0.685. The molecule has 0 unspecified atom stereocenters. The first-order chi connectivity index (χ1) is 7.24. The summed E-state index contributed by atoms with van der Waals surface area (Å²) in [6.07, 6.45) is 0. The minimum atomic E-state index is -0.257. The van der Waals surface area contributed by atoms with Gasteiger partial charge in [0.1, 0.15) is 0 Å². The zero-order chi connectivity index (χ0) is 11.1. The fraction of sp³-hybridized carbons (Fsp3) is 0.364. The predicted molar refractivity (Wildman–Crippen MR) is 58.5 cm³/mol. The van der Waals surface area contributed by atoms with E-state index in [0.29, 0.717) is 6.54 Å². The largest absolute Gasteiger partial charge is 0.395 e. The normalized spacial score (nSPS) is 9.73. The summed E-state index contributed by atoms with van der Waals surface area (Å²) in [5.41, 5.74) is 2.25. The monoisotopic (exact) mass is 208 g/mol. The fourth-order valence-electron chi connectivity index (χ4n) is 1.22. The van der Waals surface area contributed by atoms with Crippen molar-refractivity contribution in [1.29, 1.82) is 0 Å². The maximum atomic E-state index is 11.2. The molecular formula is C11H16N2O2. The number of hydrogen-bond acceptors (Lipinski definition) is 2. The van der Waals surface area contributed by atoms with Crippen molar-refractivity contribution in [2.45, 2.75) is 13.5 Å². The smallest absolute Gasteiger partial charge is 0.315 e. The van der Waals surface area contributed by atoms with E-state index in [1.165, 1.54) is 0 Å². The van der Waals surface area contributed by atoms with Gasteiger partial charge in [-0.2, -0.15) is 0 Å². The molecule has 0 saturated carbocycles. The van der Waals surface area contributed by atoms with Crippen LogP contribution in [0.15, 0.2) is 24.3 Å². The standard InChI is InChI=1S/C11H16N2O2/c1-9-4-2-3-5-10(9)8-13-11(15)12-6-7-14/h2-5,14H,6-8H2,1H3,(H2,12,13,15). The number of aliphatic hydroxyl groups is 1. The van der Waals surface area contributed by atoms with Gasteiger partial charge in [-0.1, -0.05) is 24.3 Å². The number of nitrogens with one attached hydrogen (secondary N) is 2. The summed E-state index contributed by atoms with van der Waals surface area (Å²) < 4.78 is 0. The summed E-state index contributed by atoms with van der Waals surface area (Å²) >= 11 is 0. The number of aryl methyl sites for hydroxylation is 1. The molecule has 4 heteroatoms. The molecule has 15 heavy (non-hydrogen) atoms. The van der Waals surface area contributed by atoms with Crippen LogP contribution in [0.2, 0.25) is 0 Å². The maximum Gasteiger partial charge on any atom is 0.315 e. The second-order valence-electron chi connectivity index (χ2n) is 3.26. The molecule has 0 aromatic heterocycles. The Bertz CT molecular complexity index is 326. The van der Waals surface area contributed by atoms with E-state index >= 15 is 0 Å². The van der Waals surface area contributed by atoms with Crippen LogP contribution in [0.3, 0.4) is 0 Å². The summed E-state index contributed by atoms with van der Waals surface area (Å²) in [5, 5.41) is 13.7. The predicted octanol–water partition coefficient (Wildman–Crippen LogP) is 0.787. The van der Waals surface area contributed by atoms with Crippen molar-refractivity contribution in [1.82, 2.24) is 10.6 Å². The van der Waals surface area contributed by atoms with Gasteiger partial charge in [0.2, 0.25) is 0 Å². The van der Waals surface area contributed by atoms with Crippen LogP contribution in [0.4, 0.5) is 4.79 Å². The third-order valence-electron chi connectivity index (χ3n) is 2.10. The van der Waals surface area contributed by atoms with Crippen LogP contribution in [-0.4, -0.2) is 24.3 Å². The molecule has 0 spiro atoms. The van der Waals surface area contributed by atoms with Crippen molar-refractivity contribution in [2.24, 2.45) is 0 Å². The number of carbonyl (C=O) groups excluding carboxylic acids is 1. The van der Waals surface area contributed by atoms with Gasteiger partial charge in [0.15, 0.2) is 0 Å². The first-order valence-electron chi connectivity index (χ1n) is 4.91. The van der Waals surface area contributed by atoms with Gasteiger partial charge in [0.05, 0.1) is 6.61 Å². The SMILES string of the molecule is Cc1ccccc1CNC(=O)NCCO. The molecule has 4 nitrogen and oxygen atoms in total. The molecule has 0 bridgehead atoms. The van der Waals surface area contributed by atoms with E-state index in [9.17, 15) is 4.79 Å². The van der Waals surface area contributed by atoms with Crippen LogP contribution in [0, 0.1) is 6.92 Å². The summed E-state index contributed by atoms with van der Waals surface area (Å²) in [6, 6.07) is 7.62. The minimum absolute atomic E-state index is 0.0439. The van der Waals surface area contributed by atoms with E-state index in [0.717, 1.165) is 11.1 Å². The molecule has 3 N–H and O–H groups in total. The van der Waals surface area contributed by atoms with Gasteiger partial charge in [-0.05, 0) is 18.1 Å². The Labute approximate surface area is 89.3 Å². The third-order valence-corrected chi connectivity index (χ3v) is 2.10. The first-order valence-corrected chi connectivity index (χ1v) is 4.91. The van der Waals surface area contributed by atoms with Crippen molar-refractivity contribution < 1.29 is 9.90 Å². The number of carbonyl (C=O) groups is 1. The zero-order valence-electron chi connectivity index (χ0n) is 8.79. The van der Waals surface area contributed by atoms with Crippen LogP contribution in [0.1, 0.15) is 11.1 Å². The van der Waals surface area contributed by atoms with E-state index in [2.05, 4.69) is 10.6 Å². The number of hydrogen-bond donors (Lipinski definition) is 3. The van der Waals surface area contributed by atoms with Gasteiger partial charge in [-0.25, -0.2) is 4.79 Å². The Kier molecular flexibility index (Phi) is 4.63. The van der Waals surface area contributed by atoms with Gasteiger partial charge in [-0.3, -0.25) is 0 Å². The average Bonchev–Trinajstić information content (AvgIpc) is 2.25. The van der Waals surface area contributed by atoms with Gasteiger partial charge >= 0.3 is 6.03 Å². The van der Waals surface area contributed by atoms with Crippen LogP contribution in [-0.2, 0) is 6.54 Å². The number of aliphatic hydroxyl groups excluding tert-OH is 1. The second-order valence-corrected chi connectivity index (χ2v) is 3.26. The summed E-state index contributed by atoms with van der Waals surface area (Å²) in [7, 11) is 0. The lowest BCUT2D eigenvalue weighted by Gasteiger charge is -2.08. The molecule has 0 heterocycles. The van der Waals surface area contributed by atoms with E-state index in [1.54, 1.807) is 0 Å². The lowest BCUT2D eigenvalue weighted by Crippen LogP contribution is -2.36. The van der Waals surface area contributed by atoms with Crippen LogP contribution in [0.5, 0.6) is 0 Å². The average molecular weight is 208 g/mol. The van der Waals surface area contributed by atoms with E-state index in [-0.39, 0.29) is 19.2 Å². The second kappa shape index (κ2) is 6.03. The Balaban J connectivity index is 2.37. The third kappa shape index (κ3) is 3.99. The number of benzene rings is 1. The fourth-order valence-corrected chi connectivity index (χ4v) is 1.22. The van der Waals surface area contributed by atoms with Gasteiger partial charge in [0, 0.05) is 13.1 Å². The van der Waals surface area contributed by atoms with Crippen LogP contribution in [0.25, 0.3) is 0 Å². The molecule has 0 aliphatic heterocycles. The van der Waals surface area contributed by atoms with Gasteiger partial charge in [-0.15, -0.1) is 0 Å². The lowest BCUT2D eigenvalue weighted by molar-refractivity contribution is 0.234. The number of amides is 2. The van der Waals surface area contributed by atoms with Crippen molar-refractivity contribution >= 4 is 6.03 Å². The summed E-state index contributed by atoms with van der Waals surface area (Å²) in [5.74, 6) is 0. The van der Waals surface area contributed by atoms with Crippen LogP contribution >= 0.6 is 0 Å². The van der Waals surface area contributed by atoms with Gasteiger partial charge < -0.3 is 15.7 Å². The molecule has 1 rings (SSSR count). The highest BCUT2D eigenvalue weighted by Crippen LogP contribution is 2.05. The Morgan fingerprint density at radius 1 is 1.33 bits per heavy atom. The zero-order valence-corrected chi connectivity index (χ0v) is 8.79. The van der Waals surface area contributed by atoms with E-state index in [4.69, 9.17) is 5.11 Å². The molecule has 82 valence electrons. The van der Waals surface area contributed by atoms with E-state index in [1.807, 2.05) is 31.2 Å². The Morgan fingerprint density at radius 3 is 2.73 bits per heavy atom. The molecule has 0 radical (unpaired) electrons. The van der Waals surface area contributed by atoms with E-state index < -0.39 is 0 Å². The topological polar surface area (TPSA) is 61.4 Å². The molecule has 1 aromatic rings. The van der Waals surface area contributed by atoms with Crippen LogP contribution < -0.4 is 10.6 Å². The molecular weight excluding hydrogens is 192 g/mol. The Hall–Kier alpha value is -1.55. The minimum Gasteiger partial charge on any atom is -0.395 e. The first kappa shape index (κ1) is 11.5. The van der Waals surface area contributed by atoms with Crippen molar-refractivity contribution in [2.75, 3.05) is 13.2 Å². The molecule has 1 aromatic carbocycles. The number of rotatable bonds is 4. The van der Waals surface area contributed by atoms with Crippen molar-refractivity contribution in [3.8, 4) is 0 Å². The molecule has 0 fully saturated rings. The van der Waals surface area contributed by atoms with Gasteiger partial charge in [0.25, 0.3) is 0 Å². The Morgan fingerprint density at radius 2 is 2.07 bits per heavy atom. The highest BCUT2D eigenvalue weighted by atomic mass is 16.3. The molecule has 2 amide bonds. The lowest BCUT2D eigenvalue weighted by atomic mass is 10.1. The summed E-state index contributed by atoms with van der Waals surface area (Å²) in [6.45, 7) is 2.74. The highest BCUT2D eigenvalue weighted by Gasteiger charge is 2.00. The molecule has 0 saturated heterocycles. The molecule has 0 atom stereocenters. The van der Waals surface area contributed by atoms with Crippen molar-refractivity contribution in [3.05, 3.63) is 35.4 Å². The van der Waals surface area contributed by atoms with Crippen molar-refractivity contribution in [3.63, 3.8) is 0 Å². The highest BCUT2D eigenvalue weighted by molar-refractivity contribution is 5.73. The molecule has 0 aliphatic rings. The molecule has 0 aliphatic carbocycles. The summed E-state index contributed by atoms with van der Waals surface area (Å²) in [4.78, 5) is 11.2. The maximum absolute atomic E-state index is 11.2. The number of urea groups is 1.